The molecule has 1 aliphatic rings. The van der Waals surface area contributed by atoms with Crippen molar-refractivity contribution in [1.29, 1.82) is 0 Å². The Morgan fingerprint density at radius 1 is 1.09 bits per heavy atom. The van der Waals surface area contributed by atoms with Gasteiger partial charge in [-0.1, -0.05) is 12.1 Å². The number of ether oxygens (including phenoxy) is 3. The second-order valence-electron chi connectivity index (χ2n) is 4.94. The molecule has 1 atom stereocenters. The van der Waals surface area contributed by atoms with Gasteiger partial charge in [0.15, 0.2) is 6.29 Å². The molecule has 7 nitrogen and oxygen atoms in total. The van der Waals surface area contributed by atoms with Gasteiger partial charge in [-0.3, -0.25) is 19.3 Å². The maximum Gasteiger partial charge on any atom is 0.308 e. The highest BCUT2D eigenvalue weighted by Crippen LogP contribution is 2.27. The average Bonchev–Trinajstić information content (AvgIpc) is 2.80. The maximum absolute atomic E-state index is 12.6. The summed E-state index contributed by atoms with van der Waals surface area (Å²) in [5.41, 5.74) is 0.606. The van der Waals surface area contributed by atoms with Gasteiger partial charge in [0, 0.05) is 14.2 Å². The number of hydrogen-bond donors (Lipinski definition) is 0. The first-order chi connectivity index (χ1) is 11.0. The van der Waals surface area contributed by atoms with Crippen LogP contribution in [0.25, 0.3) is 0 Å². The van der Waals surface area contributed by atoms with Crippen LogP contribution in [0.1, 0.15) is 34.1 Å². The van der Waals surface area contributed by atoms with Crippen molar-refractivity contribution < 1.29 is 28.6 Å². The zero-order chi connectivity index (χ0) is 17.0. The van der Waals surface area contributed by atoms with Crippen molar-refractivity contribution in [3.05, 3.63) is 35.4 Å². The summed E-state index contributed by atoms with van der Waals surface area (Å²) in [7, 11) is 2.76. The molecule has 2 amide bonds. The zero-order valence-corrected chi connectivity index (χ0v) is 13.3. The van der Waals surface area contributed by atoms with Crippen LogP contribution in [0.5, 0.6) is 0 Å². The molecular weight excluding hydrogens is 302 g/mol. The molecule has 1 aromatic carbocycles. The van der Waals surface area contributed by atoms with Gasteiger partial charge in [-0.05, 0) is 19.1 Å². The smallest absolute Gasteiger partial charge is 0.308 e. The van der Waals surface area contributed by atoms with Crippen molar-refractivity contribution >= 4 is 17.8 Å². The topological polar surface area (TPSA) is 82.1 Å². The summed E-state index contributed by atoms with van der Waals surface area (Å²) in [5.74, 6) is -1.48. The molecule has 0 radical (unpaired) electrons. The third-order valence-corrected chi connectivity index (χ3v) is 3.62. The van der Waals surface area contributed by atoms with Crippen LogP contribution in [0.2, 0.25) is 0 Å². The number of benzene rings is 1. The van der Waals surface area contributed by atoms with Crippen molar-refractivity contribution in [1.82, 2.24) is 4.90 Å². The van der Waals surface area contributed by atoms with Crippen molar-refractivity contribution in [2.45, 2.75) is 25.7 Å². The molecule has 2 rings (SSSR count). The highest BCUT2D eigenvalue weighted by Gasteiger charge is 2.44. The molecule has 0 spiro atoms. The molecule has 124 valence electrons. The summed E-state index contributed by atoms with van der Waals surface area (Å²) in [5, 5.41) is 0. The number of amides is 2. The van der Waals surface area contributed by atoms with Gasteiger partial charge in [0.25, 0.3) is 11.8 Å². The molecule has 1 aliphatic heterocycles. The molecule has 7 heteroatoms. The van der Waals surface area contributed by atoms with Gasteiger partial charge in [-0.15, -0.1) is 0 Å². The predicted molar refractivity (Wildman–Crippen MR) is 79.8 cm³/mol. The first kappa shape index (κ1) is 17.1. The lowest BCUT2D eigenvalue weighted by atomic mass is 10.1. The largest absolute Gasteiger partial charge is 0.466 e. The lowest BCUT2D eigenvalue weighted by Gasteiger charge is -2.30. The Bertz CT molecular complexity index is 575. The number of carbonyl (C=O) groups is 3. The van der Waals surface area contributed by atoms with E-state index in [1.165, 1.54) is 14.2 Å². The second kappa shape index (κ2) is 7.34. The van der Waals surface area contributed by atoms with Crippen molar-refractivity contribution in [2.24, 2.45) is 0 Å². The van der Waals surface area contributed by atoms with E-state index < -0.39 is 30.1 Å². The number of methoxy groups -OCH3 is 2. The minimum atomic E-state index is -0.929. The van der Waals surface area contributed by atoms with Gasteiger partial charge in [0.1, 0.15) is 6.04 Å². The molecule has 1 heterocycles. The zero-order valence-electron chi connectivity index (χ0n) is 13.3. The van der Waals surface area contributed by atoms with Crippen LogP contribution in [-0.2, 0) is 19.0 Å². The number of rotatable bonds is 7. The van der Waals surface area contributed by atoms with E-state index in [1.807, 2.05) is 0 Å². The maximum atomic E-state index is 12.6. The molecule has 0 N–H and O–H groups in total. The fourth-order valence-corrected chi connectivity index (χ4v) is 2.62. The summed E-state index contributed by atoms with van der Waals surface area (Å²) in [6.07, 6.45) is -1.13. The highest BCUT2D eigenvalue weighted by atomic mass is 16.7. The van der Waals surface area contributed by atoms with Crippen molar-refractivity contribution in [2.75, 3.05) is 20.8 Å². The fourth-order valence-electron chi connectivity index (χ4n) is 2.62. The third-order valence-electron chi connectivity index (χ3n) is 3.62. The van der Waals surface area contributed by atoms with E-state index in [4.69, 9.17) is 14.2 Å². The fraction of sp³-hybridized carbons (Fsp3) is 0.438. The van der Waals surface area contributed by atoms with Crippen LogP contribution < -0.4 is 0 Å². The molecule has 0 bridgehead atoms. The Balaban J connectivity index is 2.34. The van der Waals surface area contributed by atoms with Crippen LogP contribution in [0, 0.1) is 0 Å². The summed E-state index contributed by atoms with van der Waals surface area (Å²) >= 11 is 0. The van der Waals surface area contributed by atoms with Gasteiger partial charge in [-0.25, -0.2) is 0 Å². The minimum absolute atomic E-state index is 0.203. The van der Waals surface area contributed by atoms with E-state index >= 15 is 0 Å². The number of fused-ring (bicyclic) bond motifs is 1. The lowest BCUT2D eigenvalue weighted by molar-refractivity contribution is -0.157. The SMILES string of the molecule is CCOC(=O)C[C@@H](C(OC)OC)N1C(=O)c2ccccc2C1=O. The molecule has 0 aromatic heterocycles. The number of carbonyl (C=O) groups excluding carboxylic acids is 3. The van der Waals surface area contributed by atoms with Crippen LogP contribution in [-0.4, -0.2) is 55.8 Å². The van der Waals surface area contributed by atoms with Crippen LogP contribution in [0.3, 0.4) is 0 Å². The van der Waals surface area contributed by atoms with E-state index in [0.29, 0.717) is 11.1 Å². The molecule has 0 saturated carbocycles. The summed E-state index contributed by atoms with van der Waals surface area (Å²) < 4.78 is 15.3. The average molecular weight is 321 g/mol. The Hall–Kier alpha value is -2.25. The second-order valence-corrected chi connectivity index (χ2v) is 4.94. The Kier molecular flexibility index (Phi) is 5.46. The van der Waals surface area contributed by atoms with Gasteiger partial charge in [0.05, 0.1) is 24.2 Å². The van der Waals surface area contributed by atoms with Crippen molar-refractivity contribution in [3.63, 3.8) is 0 Å². The monoisotopic (exact) mass is 321 g/mol. The Morgan fingerprint density at radius 3 is 2.04 bits per heavy atom. The summed E-state index contributed by atoms with van der Waals surface area (Å²) in [6.45, 7) is 1.89. The quantitative estimate of drug-likeness (QED) is 0.427. The van der Waals surface area contributed by atoms with E-state index in [9.17, 15) is 14.4 Å². The number of imide groups is 1. The van der Waals surface area contributed by atoms with E-state index in [-0.39, 0.29) is 13.0 Å². The number of esters is 1. The Morgan fingerprint density at radius 2 is 1.61 bits per heavy atom. The van der Waals surface area contributed by atoms with Gasteiger partial charge in [0.2, 0.25) is 0 Å². The van der Waals surface area contributed by atoms with Gasteiger partial charge in [-0.2, -0.15) is 0 Å². The molecular formula is C16H19NO6. The minimum Gasteiger partial charge on any atom is -0.466 e. The molecule has 23 heavy (non-hydrogen) atoms. The molecule has 0 unspecified atom stereocenters. The van der Waals surface area contributed by atoms with E-state index in [2.05, 4.69) is 0 Å². The molecule has 0 saturated heterocycles. The summed E-state index contributed by atoms with van der Waals surface area (Å²) in [4.78, 5) is 38.0. The molecule has 0 fully saturated rings. The van der Waals surface area contributed by atoms with E-state index in [0.717, 1.165) is 4.90 Å². The standard InChI is InChI=1S/C16H19NO6/c1-4-23-13(18)9-12(16(21-2)22-3)17-14(19)10-7-5-6-8-11(10)15(17)20/h5-8,12,16H,4,9H2,1-3H3/t12-/m0/s1. The van der Waals surface area contributed by atoms with Crippen molar-refractivity contribution in [3.8, 4) is 0 Å². The number of nitrogens with zero attached hydrogens (tertiary/aromatic N) is 1. The Labute approximate surface area is 134 Å². The van der Waals surface area contributed by atoms with Crippen LogP contribution in [0.4, 0.5) is 0 Å². The molecule has 1 aromatic rings. The lowest BCUT2D eigenvalue weighted by Crippen LogP contribution is -2.49. The first-order valence-corrected chi connectivity index (χ1v) is 7.23. The van der Waals surface area contributed by atoms with Crippen LogP contribution >= 0.6 is 0 Å². The highest BCUT2D eigenvalue weighted by molar-refractivity contribution is 6.21. The van der Waals surface area contributed by atoms with Crippen LogP contribution in [0.15, 0.2) is 24.3 Å². The third kappa shape index (κ3) is 3.25. The van der Waals surface area contributed by atoms with E-state index in [1.54, 1.807) is 31.2 Å². The normalized spacial score (nSPS) is 15.0. The predicted octanol–water partition coefficient (Wildman–Crippen LogP) is 1.22. The molecule has 0 aliphatic carbocycles. The first-order valence-electron chi connectivity index (χ1n) is 7.23. The van der Waals surface area contributed by atoms with Gasteiger partial charge < -0.3 is 14.2 Å². The summed E-state index contributed by atoms with van der Waals surface area (Å²) in [6, 6.07) is 5.60. The van der Waals surface area contributed by atoms with Gasteiger partial charge >= 0.3 is 5.97 Å². The number of hydrogen-bond acceptors (Lipinski definition) is 6.